The van der Waals surface area contributed by atoms with Gasteiger partial charge in [0.1, 0.15) is 5.69 Å². The Morgan fingerprint density at radius 3 is 2.57 bits per heavy atom. The van der Waals surface area contributed by atoms with Crippen LogP contribution in [0.3, 0.4) is 0 Å². The quantitative estimate of drug-likeness (QED) is 0.654. The highest BCUT2D eigenvalue weighted by atomic mass is 19.4. The molecule has 0 atom stereocenters. The lowest BCUT2D eigenvalue weighted by Gasteiger charge is -2.11. The van der Waals surface area contributed by atoms with Crippen molar-refractivity contribution in [3.63, 3.8) is 0 Å². The predicted molar refractivity (Wildman–Crippen MR) is 101 cm³/mol. The maximum Gasteiger partial charge on any atom is 0.416 e. The van der Waals surface area contributed by atoms with Crippen molar-refractivity contribution in [3.8, 4) is 0 Å². The zero-order chi connectivity index (χ0) is 20.3. The number of hydrogen-bond acceptors (Lipinski definition) is 4. The van der Waals surface area contributed by atoms with Crippen LogP contribution < -0.4 is 10.6 Å². The average molecular weight is 386 g/mol. The summed E-state index contributed by atoms with van der Waals surface area (Å²) in [4.78, 5) is 20.5. The molecule has 0 radical (unpaired) electrons. The lowest BCUT2D eigenvalue weighted by Crippen LogP contribution is -2.15. The number of aryl methyl sites for hydroxylation is 2. The van der Waals surface area contributed by atoms with E-state index in [4.69, 9.17) is 0 Å². The molecule has 3 rings (SSSR count). The van der Waals surface area contributed by atoms with Crippen LogP contribution in [0.15, 0.2) is 54.7 Å². The van der Waals surface area contributed by atoms with Crippen LogP contribution in [0, 0.1) is 13.8 Å². The third-order valence-corrected chi connectivity index (χ3v) is 3.98. The van der Waals surface area contributed by atoms with Crippen LogP contribution in [-0.2, 0) is 6.18 Å². The lowest BCUT2D eigenvalue weighted by molar-refractivity contribution is -0.137. The first-order valence-electron chi connectivity index (χ1n) is 8.38. The van der Waals surface area contributed by atoms with Crippen LogP contribution in [0.2, 0.25) is 0 Å². The SMILES string of the molecule is Cc1ccc(C)c(NC(=O)c2ccnc(Nc3cccc(C(F)(F)F)c3)n2)c1. The van der Waals surface area contributed by atoms with Crippen LogP contribution in [0.25, 0.3) is 0 Å². The second kappa shape index (κ2) is 7.67. The van der Waals surface area contributed by atoms with Gasteiger partial charge in [-0.1, -0.05) is 18.2 Å². The number of carbonyl (C=O) groups is 1. The number of carbonyl (C=O) groups excluding carboxylic acids is 1. The number of benzene rings is 2. The number of nitrogens with one attached hydrogen (secondary N) is 2. The molecule has 0 spiro atoms. The van der Waals surface area contributed by atoms with Crippen molar-refractivity contribution >= 4 is 23.2 Å². The fourth-order valence-electron chi connectivity index (χ4n) is 2.50. The van der Waals surface area contributed by atoms with Gasteiger partial charge in [0.2, 0.25) is 5.95 Å². The summed E-state index contributed by atoms with van der Waals surface area (Å²) in [5, 5.41) is 5.48. The first-order valence-corrected chi connectivity index (χ1v) is 8.38. The van der Waals surface area contributed by atoms with Crippen molar-refractivity contribution in [2.45, 2.75) is 20.0 Å². The average Bonchev–Trinajstić information content (AvgIpc) is 2.64. The molecule has 0 aliphatic heterocycles. The first-order chi connectivity index (χ1) is 13.2. The van der Waals surface area contributed by atoms with E-state index in [1.165, 1.54) is 24.4 Å². The normalized spacial score (nSPS) is 11.2. The van der Waals surface area contributed by atoms with Crippen LogP contribution in [0.5, 0.6) is 0 Å². The predicted octanol–water partition coefficient (Wildman–Crippen LogP) is 5.11. The summed E-state index contributed by atoms with van der Waals surface area (Å²) < 4.78 is 38.5. The molecule has 0 bridgehead atoms. The minimum absolute atomic E-state index is 0.0212. The molecule has 5 nitrogen and oxygen atoms in total. The first kappa shape index (κ1) is 19.3. The number of amides is 1. The highest BCUT2D eigenvalue weighted by Crippen LogP contribution is 2.31. The van der Waals surface area contributed by atoms with Gasteiger partial charge in [-0.2, -0.15) is 13.2 Å². The zero-order valence-electron chi connectivity index (χ0n) is 15.1. The van der Waals surface area contributed by atoms with Crippen molar-refractivity contribution in [1.29, 1.82) is 0 Å². The van der Waals surface area contributed by atoms with E-state index in [9.17, 15) is 18.0 Å². The molecule has 0 saturated carbocycles. The van der Waals surface area contributed by atoms with E-state index in [0.717, 1.165) is 23.3 Å². The van der Waals surface area contributed by atoms with E-state index in [-0.39, 0.29) is 17.3 Å². The summed E-state index contributed by atoms with van der Waals surface area (Å²) in [7, 11) is 0. The van der Waals surface area contributed by atoms with E-state index < -0.39 is 17.6 Å². The number of anilines is 3. The Labute approximate surface area is 159 Å². The van der Waals surface area contributed by atoms with E-state index in [0.29, 0.717) is 5.69 Å². The van der Waals surface area contributed by atoms with Crippen LogP contribution >= 0.6 is 0 Å². The molecule has 0 saturated heterocycles. The van der Waals surface area contributed by atoms with Gasteiger partial charge in [0.05, 0.1) is 5.56 Å². The molecule has 0 aliphatic rings. The number of aromatic nitrogens is 2. The second-order valence-electron chi connectivity index (χ2n) is 6.24. The highest BCUT2D eigenvalue weighted by Gasteiger charge is 2.30. The molecule has 0 aliphatic carbocycles. The van der Waals surface area contributed by atoms with Crippen LogP contribution in [-0.4, -0.2) is 15.9 Å². The van der Waals surface area contributed by atoms with Gasteiger partial charge >= 0.3 is 6.18 Å². The van der Waals surface area contributed by atoms with E-state index in [1.807, 2.05) is 32.0 Å². The van der Waals surface area contributed by atoms with Gasteiger partial charge in [0.15, 0.2) is 0 Å². The van der Waals surface area contributed by atoms with Gasteiger partial charge in [-0.15, -0.1) is 0 Å². The number of rotatable bonds is 4. The third kappa shape index (κ3) is 4.64. The van der Waals surface area contributed by atoms with Gasteiger partial charge in [0, 0.05) is 17.6 Å². The monoisotopic (exact) mass is 386 g/mol. The number of halogens is 3. The topological polar surface area (TPSA) is 66.9 Å². The Kier molecular flexibility index (Phi) is 5.30. The molecule has 2 aromatic carbocycles. The van der Waals surface area contributed by atoms with Gasteiger partial charge < -0.3 is 10.6 Å². The molecular formula is C20H17F3N4O. The number of hydrogen-bond donors (Lipinski definition) is 2. The second-order valence-corrected chi connectivity index (χ2v) is 6.24. The molecule has 3 aromatic rings. The largest absolute Gasteiger partial charge is 0.416 e. The molecular weight excluding hydrogens is 369 g/mol. The van der Waals surface area contributed by atoms with E-state index in [1.54, 1.807) is 0 Å². The maximum atomic E-state index is 12.8. The van der Waals surface area contributed by atoms with Crippen molar-refractivity contribution < 1.29 is 18.0 Å². The Morgan fingerprint density at radius 2 is 1.82 bits per heavy atom. The van der Waals surface area contributed by atoms with Crippen molar-refractivity contribution in [2.24, 2.45) is 0 Å². The number of alkyl halides is 3. The molecule has 2 N–H and O–H groups in total. The smallest absolute Gasteiger partial charge is 0.324 e. The van der Waals surface area contributed by atoms with Gasteiger partial charge in [-0.25, -0.2) is 9.97 Å². The summed E-state index contributed by atoms with van der Waals surface area (Å²) in [5.41, 5.74) is 2.02. The Balaban J connectivity index is 1.79. The maximum absolute atomic E-state index is 12.8. The highest BCUT2D eigenvalue weighted by molar-refractivity contribution is 6.03. The molecule has 0 fully saturated rings. The molecule has 1 aromatic heterocycles. The van der Waals surface area contributed by atoms with Crippen molar-refractivity contribution in [1.82, 2.24) is 9.97 Å². The Hall–Kier alpha value is -3.42. The molecule has 1 heterocycles. The zero-order valence-corrected chi connectivity index (χ0v) is 15.1. The van der Waals surface area contributed by atoms with Crippen LogP contribution in [0.1, 0.15) is 27.2 Å². The van der Waals surface area contributed by atoms with Gasteiger partial charge in [-0.05, 0) is 55.3 Å². The number of nitrogens with zero attached hydrogens (tertiary/aromatic N) is 2. The standard InChI is InChI=1S/C20H17F3N4O/c1-12-6-7-13(2)17(10-12)26-18(28)16-8-9-24-19(27-16)25-15-5-3-4-14(11-15)20(21,22)23/h3-11H,1-2H3,(H,26,28)(H,24,25,27). The van der Waals surface area contributed by atoms with Gasteiger partial charge in [0.25, 0.3) is 5.91 Å². The summed E-state index contributed by atoms with van der Waals surface area (Å²) in [6.45, 7) is 3.78. The minimum Gasteiger partial charge on any atom is -0.324 e. The molecule has 28 heavy (non-hydrogen) atoms. The van der Waals surface area contributed by atoms with Crippen molar-refractivity contribution in [3.05, 3.63) is 77.1 Å². The summed E-state index contributed by atoms with van der Waals surface area (Å²) in [6.07, 6.45) is -3.09. The third-order valence-electron chi connectivity index (χ3n) is 3.98. The summed E-state index contributed by atoms with van der Waals surface area (Å²) >= 11 is 0. The molecule has 0 unspecified atom stereocenters. The minimum atomic E-state index is -4.45. The van der Waals surface area contributed by atoms with Crippen LogP contribution in [0.4, 0.5) is 30.5 Å². The van der Waals surface area contributed by atoms with Gasteiger partial charge in [-0.3, -0.25) is 4.79 Å². The molecule has 8 heteroatoms. The summed E-state index contributed by atoms with van der Waals surface area (Å²) in [5.74, 6) is -0.420. The fraction of sp³-hybridized carbons (Fsp3) is 0.150. The Bertz CT molecular complexity index is 1020. The Morgan fingerprint density at radius 1 is 1.04 bits per heavy atom. The van der Waals surface area contributed by atoms with Crippen molar-refractivity contribution in [2.75, 3.05) is 10.6 Å². The lowest BCUT2D eigenvalue weighted by atomic mass is 10.1. The van der Waals surface area contributed by atoms with E-state index >= 15 is 0 Å². The molecule has 144 valence electrons. The fourth-order valence-corrected chi connectivity index (χ4v) is 2.50. The van der Waals surface area contributed by atoms with E-state index in [2.05, 4.69) is 20.6 Å². The molecule has 1 amide bonds. The summed E-state index contributed by atoms with van der Waals surface area (Å²) in [6, 6.07) is 11.8.